The SMILES string of the molecule is O=C(COc1ccccc1)N1CCN(c2cccc[n+]2O)CC1. The van der Waals surface area contributed by atoms with E-state index in [1.54, 1.807) is 17.2 Å². The number of anilines is 1. The average Bonchev–Trinajstić information content (AvgIpc) is 2.61. The third-order valence-corrected chi connectivity index (χ3v) is 3.88. The third kappa shape index (κ3) is 3.71. The highest BCUT2D eigenvalue weighted by atomic mass is 16.5. The van der Waals surface area contributed by atoms with Gasteiger partial charge in [0.25, 0.3) is 5.91 Å². The second-order valence-corrected chi connectivity index (χ2v) is 5.37. The smallest absolute Gasteiger partial charge is 0.316 e. The number of para-hydroxylation sites is 1. The number of nitrogens with zero attached hydrogens (tertiary/aromatic N) is 3. The maximum atomic E-state index is 12.2. The number of aromatic nitrogens is 1. The average molecular weight is 314 g/mol. The van der Waals surface area contributed by atoms with Crippen LogP contribution in [0.4, 0.5) is 5.82 Å². The van der Waals surface area contributed by atoms with Crippen LogP contribution in [-0.2, 0) is 4.79 Å². The quantitative estimate of drug-likeness (QED) is 0.674. The number of pyridine rings is 1. The van der Waals surface area contributed by atoms with Crippen LogP contribution in [0.15, 0.2) is 54.7 Å². The Kier molecular flexibility index (Phi) is 4.61. The number of carbonyl (C=O) groups is 1. The van der Waals surface area contributed by atoms with Crippen molar-refractivity contribution in [2.45, 2.75) is 0 Å². The van der Waals surface area contributed by atoms with Crippen LogP contribution in [0.1, 0.15) is 0 Å². The molecule has 0 saturated carbocycles. The molecule has 1 aliphatic heterocycles. The lowest BCUT2D eigenvalue weighted by atomic mass is 10.3. The van der Waals surface area contributed by atoms with Crippen LogP contribution in [0.25, 0.3) is 0 Å². The van der Waals surface area contributed by atoms with Crippen molar-refractivity contribution in [1.82, 2.24) is 4.90 Å². The fourth-order valence-electron chi connectivity index (χ4n) is 2.61. The van der Waals surface area contributed by atoms with Gasteiger partial charge in [-0.2, -0.15) is 0 Å². The Morgan fingerprint density at radius 1 is 1.04 bits per heavy atom. The van der Waals surface area contributed by atoms with Gasteiger partial charge in [0.05, 0.1) is 13.1 Å². The van der Waals surface area contributed by atoms with Crippen molar-refractivity contribution < 1.29 is 19.5 Å². The monoisotopic (exact) mass is 314 g/mol. The van der Waals surface area contributed by atoms with Gasteiger partial charge in [-0.15, -0.1) is 0 Å². The number of carbonyl (C=O) groups excluding carboxylic acids is 1. The molecule has 6 heteroatoms. The molecule has 1 fully saturated rings. The van der Waals surface area contributed by atoms with Gasteiger partial charge in [-0.05, 0) is 18.2 Å². The Morgan fingerprint density at radius 3 is 2.43 bits per heavy atom. The number of hydrogen-bond donors (Lipinski definition) is 1. The van der Waals surface area contributed by atoms with Gasteiger partial charge < -0.3 is 14.8 Å². The van der Waals surface area contributed by atoms with Crippen molar-refractivity contribution in [1.29, 1.82) is 0 Å². The van der Waals surface area contributed by atoms with Crippen molar-refractivity contribution in [3.05, 3.63) is 54.7 Å². The van der Waals surface area contributed by atoms with E-state index in [0.717, 1.165) is 10.5 Å². The molecule has 23 heavy (non-hydrogen) atoms. The number of hydrogen-bond acceptors (Lipinski definition) is 4. The first kappa shape index (κ1) is 15.1. The fourth-order valence-corrected chi connectivity index (χ4v) is 2.61. The maximum absolute atomic E-state index is 12.2. The van der Waals surface area contributed by atoms with Crippen molar-refractivity contribution in [2.75, 3.05) is 37.7 Å². The molecule has 120 valence electrons. The Hall–Kier alpha value is -2.76. The zero-order valence-electron chi connectivity index (χ0n) is 12.8. The van der Waals surface area contributed by atoms with Gasteiger partial charge in [0.15, 0.2) is 6.61 Å². The van der Waals surface area contributed by atoms with Crippen LogP contribution in [0.2, 0.25) is 0 Å². The van der Waals surface area contributed by atoms with Crippen LogP contribution in [0, 0.1) is 0 Å². The lowest BCUT2D eigenvalue weighted by Gasteiger charge is -2.31. The minimum absolute atomic E-state index is 0.0153. The van der Waals surface area contributed by atoms with Crippen LogP contribution < -0.4 is 14.4 Å². The van der Waals surface area contributed by atoms with Crippen molar-refractivity contribution in [3.63, 3.8) is 0 Å². The Balaban J connectivity index is 1.50. The van der Waals surface area contributed by atoms with Gasteiger partial charge in [-0.25, -0.2) is 0 Å². The first-order valence-corrected chi connectivity index (χ1v) is 7.64. The molecule has 3 rings (SSSR count). The molecule has 1 saturated heterocycles. The molecule has 1 amide bonds. The summed E-state index contributed by atoms with van der Waals surface area (Å²) in [6, 6.07) is 14.8. The van der Waals surface area contributed by atoms with E-state index in [9.17, 15) is 10.0 Å². The lowest BCUT2D eigenvalue weighted by molar-refractivity contribution is -0.894. The zero-order valence-corrected chi connectivity index (χ0v) is 12.8. The predicted molar refractivity (Wildman–Crippen MR) is 84.6 cm³/mol. The van der Waals surface area contributed by atoms with Gasteiger partial charge in [0.2, 0.25) is 0 Å². The molecular weight excluding hydrogens is 294 g/mol. The maximum Gasteiger partial charge on any atom is 0.316 e. The number of ether oxygens (including phenoxy) is 1. The Labute approximate surface area is 135 Å². The van der Waals surface area contributed by atoms with E-state index in [2.05, 4.69) is 4.90 Å². The standard InChI is InChI=1S/C17H20N3O3/c21-17(14-23-15-6-2-1-3-7-15)19-12-10-18(11-13-19)16-8-4-5-9-20(16)22/h1-9,22H,10-14H2/q+1. The van der Waals surface area contributed by atoms with Crippen molar-refractivity contribution >= 4 is 11.7 Å². The van der Waals surface area contributed by atoms with Crippen molar-refractivity contribution in [2.24, 2.45) is 0 Å². The summed E-state index contributed by atoms with van der Waals surface area (Å²) in [4.78, 5) is 16.1. The molecule has 1 N–H and O–H groups in total. The van der Waals surface area contributed by atoms with Crippen LogP contribution in [-0.4, -0.2) is 48.8 Å². The van der Waals surface area contributed by atoms with E-state index in [0.29, 0.717) is 31.9 Å². The molecule has 6 nitrogen and oxygen atoms in total. The molecule has 1 aliphatic rings. The molecule has 0 atom stereocenters. The van der Waals surface area contributed by atoms with Gasteiger partial charge in [-0.3, -0.25) is 9.69 Å². The largest absolute Gasteiger partial charge is 0.484 e. The molecule has 1 aromatic heterocycles. The summed E-state index contributed by atoms with van der Waals surface area (Å²) in [5.74, 6) is 1.42. The molecule has 2 heterocycles. The second kappa shape index (κ2) is 7.00. The summed E-state index contributed by atoms with van der Waals surface area (Å²) in [5.41, 5.74) is 0. The van der Waals surface area contributed by atoms with E-state index < -0.39 is 0 Å². The zero-order chi connectivity index (χ0) is 16.1. The van der Waals surface area contributed by atoms with Gasteiger partial charge in [0.1, 0.15) is 25.0 Å². The highest BCUT2D eigenvalue weighted by Crippen LogP contribution is 2.12. The number of benzene rings is 1. The minimum Gasteiger partial charge on any atom is -0.484 e. The third-order valence-electron chi connectivity index (χ3n) is 3.88. The highest BCUT2D eigenvalue weighted by Gasteiger charge is 2.27. The molecule has 1 aromatic carbocycles. The summed E-state index contributed by atoms with van der Waals surface area (Å²) in [6.07, 6.45) is 1.60. The first-order chi connectivity index (χ1) is 11.2. The Morgan fingerprint density at radius 2 is 1.74 bits per heavy atom. The lowest BCUT2D eigenvalue weighted by Crippen LogP contribution is -2.53. The van der Waals surface area contributed by atoms with Gasteiger partial charge in [-0.1, -0.05) is 29.0 Å². The molecular formula is C17H20N3O3+. The minimum atomic E-state index is -0.0153. The first-order valence-electron chi connectivity index (χ1n) is 7.64. The normalized spacial score (nSPS) is 14.6. The van der Waals surface area contributed by atoms with Crippen LogP contribution >= 0.6 is 0 Å². The number of amides is 1. The second-order valence-electron chi connectivity index (χ2n) is 5.37. The molecule has 2 aromatic rings. The Bertz CT molecular complexity index is 655. The number of piperazine rings is 1. The van der Waals surface area contributed by atoms with E-state index in [1.165, 1.54) is 0 Å². The summed E-state index contributed by atoms with van der Waals surface area (Å²) >= 11 is 0. The topological polar surface area (TPSA) is 56.9 Å². The number of rotatable bonds is 4. The summed E-state index contributed by atoms with van der Waals surface area (Å²) in [6.45, 7) is 2.65. The van der Waals surface area contributed by atoms with Gasteiger partial charge in [0, 0.05) is 6.07 Å². The molecule has 0 bridgehead atoms. The van der Waals surface area contributed by atoms with E-state index >= 15 is 0 Å². The predicted octanol–water partition coefficient (Wildman–Crippen LogP) is 0.939. The molecule has 0 aliphatic carbocycles. The highest BCUT2D eigenvalue weighted by molar-refractivity contribution is 5.78. The van der Waals surface area contributed by atoms with E-state index in [-0.39, 0.29) is 12.5 Å². The molecule has 0 unspecified atom stereocenters. The van der Waals surface area contributed by atoms with Gasteiger partial charge >= 0.3 is 5.82 Å². The van der Waals surface area contributed by atoms with E-state index in [1.807, 2.05) is 42.5 Å². The fraction of sp³-hybridized carbons (Fsp3) is 0.294. The molecule has 0 spiro atoms. The summed E-state index contributed by atoms with van der Waals surface area (Å²) in [5, 5.41) is 9.82. The van der Waals surface area contributed by atoms with Crippen molar-refractivity contribution in [3.8, 4) is 5.75 Å². The molecule has 0 radical (unpaired) electrons. The summed E-state index contributed by atoms with van der Waals surface area (Å²) < 4.78 is 6.61. The van der Waals surface area contributed by atoms with Crippen LogP contribution in [0.3, 0.4) is 0 Å². The van der Waals surface area contributed by atoms with Crippen LogP contribution in [0.5, 0.6) is 5.75 Å². The van der Waals surface area contributed by atoms with E-state index in [4.69, 9.17) is 4.74 Å². The summed E-state index contributed by atoms with van der Waals surface area (Å²) in [7, 11) is 0.